The third-order valence-electron chi connectivity index (χ3n) is 4.00. The molecule has 1 saturated heterocycles. The number of ketones is 1. The van der Waals surface area contributed by atoms with Gasteiger partial charge in [-0.2, -0.15) is 4.37 Å². The van der Waals surface area contributed by atoms with Crippen molar-refractivity contribution < 1.29 is 4.79 Å². The van der Waals surface area contributed by atoms with Crippen molar-refractivity contribution in [1.29, 1.82) is 0 Å². The topological polar surface area (TPSA) is 33.2 Å². The monoisotopic (exact) mass is 300 g/mol. The Bertz CT molecular complexity index is 602. The van der Waals surface area contributed by atoms with Crippen LogP contribution in [-0.2, 0) is 0 Å². The molecule has 0 aliphatic carbocycles. The molecule has 21 heavy (non-hydrogen) atoms. The molecule has 1 fully saturated rings. The van der Waals surface area contributed by atoms with Crippen molar-refractivity contribution in [2.24, 2.45) is 5.92 Å². The first-order valence-electron chi connectivity index (χ1n) is 7.53. The molecule has 2 heterocycles. The number of carbonyl (C=O) groups excluding carboxylic acids is 1. The molecule has 1 aliphatic rings. The van der Waals surface area contributed by atoms with Crippen LogP contribution in [0.3, 0.4) is 0 Å². The van der Waals surface area contributed by atoms with Gasteiger partial charge in [-0.3, -0.25) is 4.79 Å². The predicted molar refractivity (Wildman–Crippen MR) is 86.7 cm³/mol. The second-order valence-electron chi connectivity index (χ2n) is 5.72. The molecule has 4 heteroatoms. The Morgan fingerprint density at radius 1 is 1.29 bits per heavy atom. The molecule has 0 amide bonds. The molecule has 1 unspecified atom stereocenters. The van der Waals surface area contributed by atoms with Crippen LogP contribution in [0.4, 0.5) is 0 Å². The van der Waals surface area contributed by atoms with Gasteiger partial charge in [-0.25, -0.2) is 0 Å². The normalized spacial score (nSPS) is 17.0. The minimum Gasteiger partial charge on any atom is -0.303 e. The molecular formula is C17H20N2OS. The lowest BCUT2D eigenvalue weighted by Gasteiger charge is -2.18. The molecule has 0 saturated carbocycles. The van der Waals surface area contributed by atoms with Crippen LogP contribution in [0.1, 0.15) is 29.4 Å². The Morgan fingerprint density at radius 3 is 2.71 bits per heavy atom. The second kappa shape index (κ2) is 6.50. The summed E-state index contributed by atoms with van der Waals surface area (Å²) in [5.41, 5.74) is 1.97. The fraction of sp³-hybridized carbons (Fsp3) is 0.412. The highest BCUT2D eigenvalue weighted by atomic mass is 32.1. The lowest BCUT2D eigenvalue weighted by Crippen LogP contribution is -2.29. The average Bonchev–Trinajstić information content (AvgIpc) is 3.18. The summed E-state index contributed by atoms with van der Waals surface area (Å²) < 4.78 is 4.43. The predicted octanol–water partition coefficient (Wildman–Crippen LogP) is 3.72. The Kier molecular flexibility index (Phi) is 4.46. The van der Waals surface area contributed by atoms with E-state index in [4.69, 9.17) is 0 Å². The number of hydrogen-bond acceptors (Lipinski definition) is 4. The van der Waals surface area contributed by atoms with Crippen LogP contribution in [0.15, 0.2) is 36.4 Å². The van der Waals surface area contributed by atoms with Gasteiger partial charge in [0.15, 0.2) is 5.78 Å². The molecule has 0 bridgehead atoms. The molecule has 1 aromatic carbocycles. The summed E-state index contributed by atoms with van der Waals surface area (Å²) in [5, 5.41) is 0. The maximum absolute atomic E-state index is 12.5. The zero-order valence-corrected chi connectivity index (χ0v) is 13.1. The third-order valence-corrected chi connectivity index (χ3v) is 4.80. The van der Waals surface area contributed by atoms with E-state index in [-0.39, 0.29) is 11.7 Å². The van der Waals surface area contributed by atoms with Crippen molar-refractivity contribution in [3.05, 3.63) is 41.3 Å². The Hall–Kier alpha value is -1.52. The minimum absolute atomic E-state index is 0.0483. The van der Waals surface area contributed by atoms with Gasteiger partial charge >= 0.3 is 0 Å². The Labute approximate surface area is 129 Å². The highest BCUT2D eigenvalue weighted by Crippen LogP contribution is 2.24. The fourth-order valence-electron chi connectivity index (χ4n) is 2.81. The smallest absolute Gasteiger partial charge is 0.178 e. The fourth-order valence-corrected chi connectivity index (χ4v) is 3.62. The zero-order valence-electron chi connectivity index (χ0n) is 12.3. The van der Waals surface area contributed by atoms with E-state index in [2.05, 4.69) is 9.27 Å². The van der Waals surface area contributed by atoms with E-state index < -0.39 is 0 Å². The quantitative estimate of drug-likeness (QED) is 0.789. The van der Waals surface area contributed by atoms with Gasteiger partial charge in [0.2, 0.25) is 0 Å². The van der Waals surface area contributed by atoms with Gasteiger partial charge < -0.3 is 4.90 Å². The number of nitrogens with zero attached hydrogens (tertiary/aromatic N) is 2. The van der Waals surface area contributed by atoms with Crippen LogP contribution in [-0.4, -0.2) is 34.7 Å². The number of aromatic nitrogens is 1. The third kappa shape index (κ3) is 3.39. The summed E-state index contributed by atoms with van der Waals surface area (Å²) in [6, 6.07) is 12.0. The van der Waals surface area contributed by atoms with Crippen LogP contribution in [0.2, 0.25) is 0 Å². The van der Waals surface area contributed by atoms with Crippen molar-refractivity contribution in [2.75, 3.05) is 19.6 Å². The molecule has 1 atom stereocenters. The summed E-state index contributed by atoms with van der Waals surface area (Å²) in [6.45, 7) is 5.17. The van der Waals surface area contributed by atoms with E-state index in [9.17, 15) is 4.79 Å². The summed E-state index contributed by atoms with van der Waals surface area (Å²) in [5.74, 6) is 0.272. The molecule has 0 N–H and O–H groups in total. The van der Waals surface area contributed by atoms with E-state index in [1.165, 1.54) is 24.4 Å². The number of benzene rings is 1. The molecular weight excluding hydrogens is 280 g/mol. The number of likely N-dealkylation sites (tertiary alicyclic amines) is 1. The number of Topliss-reactive ketones (excluding diaryl/α,β-unsaturated/α-hetero) is 1. The largest absolute Gasteiger partial charge is 0.303 e. The van der Waals surface area contributed by atoms with Gasteiger partial charge in [0.05, 0.1) is 10.6 Å². The summed E-state index contributed by atoms with van der Waals surface area (Å²) in [4.78, 5) is 15.7. The SMILES string of the molecule is CC(CN1CCCC1)C(=O)c1cc(-c2ccccc2)ns1. The standard InChI is InChI=1S/C17H20N2OS/c1-13(12-19-9-5-6-10-19)17(20)16-11-15(18-21-16)14-7-3-2-4-8-14/h2-4,7-8,11,13H,5-6,9-10,12H2,1H3. The van der Waals surface area contributed by atoms with Gasteiger partial charge in [0.25, 0.3) is 0 Å². The maximum atomic E-state index is 12.5. The molecule has 0 radical (unpaired) electrons. The molecule has 1 aliphatic heterocycles. The zero-order chi connectivity index (χ0) is 14.7. The van der Waals surface area contributed by atoms with Crippen LogP contribution < -0.4 is 0 Å². The van der Waals surface area contributed by atoms with Gasteiger partial charge in [-0.1, -0.05) is 37.3 Å². The van der Waals surface area contributed by atoms with Crippen LogP contribution in [0.25, 0.3) is 11.3 Å². The lowest BCUT2D eigenvalue weighted by atomic mass is 10.0. The first-order chi connectivity index (χ1) is 10.2. The van der Waals surface area contributed by atoms with E-state index in [1.54, 1.807) is 0 Å². The van der Waals surface area contributed by atoms with Crippen LogP contribution >= 0.6 is 11.5 Å². The number of rotatable bonds is 5. The molecule has 3 nitrogen and oxygen atoms in total. The Balaban J connectivity index is 1.69. The van der Waals surface area contributed by atoms with Crippen molar-refractivity contribution in [3.8, 4) is 11.3 Å². The second-order valence-corrected chi connectivity index (χ2v) is 6.52. The van der Waals surface area contributed by atoms with Crippen LogP contribution in [0.5, 0.6) is 0 Å². The summed E-state index contributed by atoms with van der Waals surface area (Å²) in [6.07, 6.45) is 2.53. The maximum Gasteiger partial charge on any atom is 0.178 e. The molecule has 110 valence electrons. The van der Waals surface area contributed by atoms with E-state index in [0.29, 0.717) is 0 Å². The van der Waals surface area contributed by atoms with Gasteiger partial charge in [0.1, 0.15) is 0 Å². The summed E-state index contributed by atoms with van der Waals surface area (Å²) in [7, 11) is 0. The van der Waals surface area contributed by atoms with E-state index in [1.807, 2.05) is 43.3 Å². The van der Waals surface area contributed by atoms with Gasteiger partial charge in [0, 0.05) is 18.0 Å². The minimum atomic E-state index is 0.0483. The van der Waals surface area contributed by atoms with E-state index in [0.717, 1.165) is 35.8 Å². The number of hydrogen-bond donors (Lipinski definition) is 0. The van der Waals surface area contributed by atoms with Crippen molar-refractivity contribution in [3.63, 3.8) is 0 Å². The lowest BCUT2D eigenvalue weighted by molar-refractivity contribution is 0.0907. The van der Waals surface area contributed by atoms with Crippen molar-refractivity contribution in [2.45, 2.75) is 19.8 Å². The van der Waals surface area contributed by atoms with Gasteiger partial charge in [-0.05, 0) is 43.5 Å². The van der Waals surface area contributed by atoms with Crippen molar-refractivity contribution in [1.82, 2.24) is 9.27 Å². The van der Waals surface area contributed by atoms with Crippen LogP contribution in [0, 0.1) is 5.92 Å². The van der Waals surface area contributed by atoms with Gasteiger partial charge in [-0.15, -0.1) is 0 Å². The highest BCUT2D eigenvalue weighted by Gasteiger charge is 2.22. The highest BCUT2D eigenvalue weighted by molar-refractivity contribution is 7.08. The Morgan fingerprint density at radius 2 is 2.00 bits per heavy atom. The average molecular weight is 300 g/mol. The molecule has 1 aromatic heterocycles. The van der Waals surface area contributed by atoms with E-state index >= 15 is 0 Å². The first-order valence-corrected chi connectivity index (χ1v) is 8.30. The van der Waals surface area contributed by atoms with Crippen molar-refractivity contribution >= 4 is 17.3 Å². The molecule has 3 rings (SSSR count). The number of carbonyl (C=O) groups is 1. The summed E-state index contributed by atoms with van der Waals surface area (Å²) >= 11 is 1.32. The molecule has 2 aromatic rings. The molecule has 0 spiro atoms. The first kappa shape index (κ1) is 14.4.